The molecule has 0 atom stereocenters. The van der Waals surface area contributed by atoms with Crippen molar-refractivity contribution >= 4 is 10.9 Å². The van der Waals surface area contributed by atoms with Crippen molar-refractivity contribution in [2.24, 2.45) is 7.05 Å². The van der Waals surface area contributed by atoms with Crippen LogP contribution in [0.4, 0.5) is 0 Å². The molecule has 0 amide bonds. The van der Waals surface area contributed by atoms with Crippen molar-refractivity contribution < 1.29 is 4.74 Å². The molecular formula is C16H22N2O. The molecule has 1 heterocycles. The van der Waals surface area contributed by atoms with E-state index in [4.69, 9.17) is 4.74 Å². The van der Waals surface area contributed by atoms with E-state index in [-0.39, 0.29) is 0 Å². The predicted molar refractivity (Wildman–Crippen MR) is 78.9 cm³/mol. The number of rotatable bonds is 5. The summed E-state index contributed by atoms with van der Waals surface area (Å²) in [4.78, 5) is 0. The van der Waals surface area contributed by atoms with Crippen molar-refractivity contribution in [2.75, 3.05) is 13.7 Å². The van der Waals surface area contributed by atoms with Gasteiger partial charge >= 0.3 is 0 Å². The molecule has 0 bridgehead atoms. The van der Waals surface area contributed by atoms with Crippen molar-refractivity contribution in [3.05, 3.63) is 29.5 Å². The molecule has 1 N–H and O–H groups in total. The van der Waals surface area contributed by atoms with Crippen LogP contribution < -0.4 is 10.1 Å². The number of aromatic nitrogens is 1. The molecule has 0 unspecified atom stereocenters. The van der Waals surface area contributed by atoms with E-state index in [0.717, 1.165) is 24.8 Å². The smallest absolute Gasteiger partial charge is 0.143 e. The van der Waals surface area contributed by atoms with Gasteiger partial charge in [0.2, 0.25) is 0 Å². The van der Waals surface area contributed by atoms with Crippen LogP contribution in [-0.4, -0.2) is 24.3 Å². The molecule has 3 heteroatoms. The molecule has 2 aromatic rings. The van der Waals surface area contributed by atoms with Gasteiger partial charge in [0.1, 0.15) is 5.75 Å². The Kier molecular flexibility index (Phi) is 3.23. The van der Waals surface area contributed by atoms with Gasteiger partial charge in [0.05, 0.1) is 12.6 Å². The van der Waals surface area contributed by atoms with Gasteiger partial charge in [0.15, 0.2) is 0 Å². The standard InChI is InChI=1S/C16H22N2O/c1-11-8-14-12(6-7-17-13-4-5-13)10-18(2)16(14)15(9-11)19-3/h8-10,13,17H,4-7H2,1-3H3. The number of nitrogens with one attached hydrogen (secondary N) is 1. The third-order valence-electron chi connectivity index (χ3n) is 3.89. The molecule has 1 saturated carbocycles. The quantitative estimate of drug-likeness (QED) is 0.892. The SMILES string of the molecule is COc1cc(C)cc2c(CCNC3CC3)cn(C)c12. The van der Waals surface area contributed by atoms with Crippen LogP contribution >= 0.6 is 0 Å². The second kappa shape index (κ2) is 4.89. The van der Waals surface area contributed by atoms with E-state index >= 15 is 0 Å². The highest BCUT2D eigenvalue weighted by atomic mass is 16.5. The number of nitrogens with zero attached hydrogens (tertiary/aromatic N) is 1. The fourth-order valence-electron chi connectivity index (χ4n) is 2.78. The molecular weight excluding hydrogens is 236 g/mol. The topological polar surface area (TPSA) is 26.2 Å². The minimum absolute atomic E-state index is 0.784. The third kappa shape index (κ3) is 2.47. The second-order valence-electron chi connectivity index (χ2n) is 5.61. The second-order valence-corrected chi connectivity index (χ2v) is 5.61. The molecule has 19 heavy (non-hydrogen) atoms. The van der Waals surface area contributed by atoms with Crippen LogP contribution in [0.2, 0.25) is 0 Å². The molecule has 3 rings (SSSR count). The summed E-state index contributed by atoms with van der Waals surface area (Å²) in [6.45, 7) is 3.20. The Hall–Kier alpha value is -1.48. The van der Waals surface area contributed by atoms with Crippen molar-refractivity contribution in [3.8, 4) is 5.75 Å². The summed E-state index contributed by atoms with van der Waals surface area (Å²) in [5.41, 5.74) is 3.87. The lowest BCUT2D eigenvalue weighted by molar-refractivity contribution is 0.417. The average molecular weight is 258 g/mol. The Morgan fingerprint density at radius 1 is 1.37 bits per heavy atom. The van der Waals surface area contributed by atoms with Crippen LogP contribution in [0.15, 0.2) is 18.3 Å². The fourth-order valence-corrected chi connectivity index (χ4v) is 2.78. The Morgan fingerprint density at radius 2 is 2.16 bits per heavy atom. The lowest BCUT2D eigenvalue weighted by atomic mass is 10.1. The summed E-state index contributed by atoms with van der Waals surface area (Å²) in [5.74, 6) is 0.971. The van der Waals surface area contributed by atoms with E-state index in [0.29, 0.717) is 0 Å². The molecule has 1 aromatic carbocycles. The van der Waals surface area contributed by atoms with Crippen LogP contribution in [0.5, 0.6) is 5.75 Å². The zero-order chi connectivity index (χ0) is 13.4. The summed E-state index contributed by atoms with van der Waals surface area (Å²) in [7, 11) is 3.84. The number of benzene rings is 1. The van der Waals surface area contributed by atoms with E-state index in [2.05, 4.69) is 42.2 Å². The van der Waals surface area contributed by atoms with Gasteiger partial charge < -0.3 is 14.6 Å². The molecule has 0 spiro atoms. The number of ether oxygens (including phenoxy) is 1. The number of hydrogen-bond donors (Lipinski definition) is 1. The number of hydrogen-bond acceptors (Lipinski definition) is 2. The van der Waals surface area contributed by atoms with E-state index in [1.165, 1.54) is 34.9 Å². The number of aryl methyl sites for hydroxylation is 2. The summed E-state index contributed by atoms with van der Waals surface area (Å²) in [6, 6.07) is 5.16. The van der Waals surface area contributed by atoms with E-state index in [1.807, 2.05) is 0 Å². The van der Waals surface area contributed by atoms with Crippen molar-refractivity contribution in [1.29, 1.82) is 0 Å². The van der Waals surface area contributed by atoms with Crippen LogP contribution in [0.1, 0.15) is 24.0 Å². The van der Waals surface area contributed by atoms with Gasteiger partial charge in [-0.3, -0.25) is 0 Å². The maximum atomic E-state index is 5.52. The van der Waals surface area contributed by atoms with Gasteiger partial charge in [-0.25, -0.2) is 0 Å². The van der Waals surface area contributed by atoms with Crippen LogP contribution in [0.25, 0.3) is 10.9 Å². The summed E-state index contributed by atoms with van der Waals surface area (Å²) in [6.07, 6.45) is 6.02. The maximum Gasteiger partial charge on any atom is 0.143 e. The molecule has 0 radical (unpaired) electrons. The highest BCUT2D eigenvalue weighted by molar-refractivity contribution is 5.90. The van der Waals surface area contributed by atoms with E-state index in [1.54, 1.807) is 7.11 Å². The van der Waals surface area contributed by atoms with Crippen molar-refractivity contribution in [2.45, 2.75) is 32.2 Å². The number of methoxy groups -OCH3 is 1. The lowest BCUT2D eigenvalue weighted by Gasteiger charge is -2.07. The Bertz CT molecular complexity index is 596. The number of fused-ring (bicyclic) bond motifs is 1. The molecule has 3 nitrogen and oxygen atoms in total. The summed E-state index contributed by atoms with van der Waals surface area (Å²) in [5, 5.41) is 4.91. The molecule has 1 aromatic heterocycles. The van der Waals surface area contributed by atoms with Gasteiger partial charge in [-0.1, -0.05) is 0 Å². The zero-order valence-corrected chi connectivity index (χ0v) is 12.0. The fraction of sp³-hybridized carbons (Fsp3) is 0.500. The van der Waals surface area contributed by atoms with Gasteiger partial charge in [0, 0.05) is 24.7 Å². The molecule has 102 valence electrons. The summed E-state index contributed by atoms with van der Waals surface area (Å²) < 4.78 is 7.70. The van der Waals surface area contributed by atoms with Crippen molar-refractivity contribution in [1.82, 2.24) is 9.88 Å². The van der Waals surface area contributed by atoms with Gasteiger partial charge in [-0.15, -0.1) is 0 Å². The third-order valence-corrected chi connectivity index (χ3v) is 3.89. The lowest BCUT2D eigenvalue weighted by Crippen LogP contribution is -2.19. The van der Waals surface area contributed by atoms with E-state index < -0.39 is 0 Å². The van der Waals surface area contributed by atoms with Gasteiger partial charge in [-0.05, 0) is 56.0 Å². The zero-order valence-electron chi connectivity index (χ0n) is 12.0. The predicted octanol–water partition coefficient (Wildman–Crippen LogP) is 2.79. The first-order chi connectivity index (χ1) is 9.19. The molecule has 1 aliphatic rings. The molecule has 1 fully saturated rings. The van der Waals surface area contributed by atoms with Crippen LogP contribution in [0, 0.1) is 6.92 Å². The monoisotopic (exact) mass is 258 g/mol. The average Bonchev–Trinajstić information content (AvgIpc) is 3.15. The highest BCUT2D eigenvalue weighted by Gasteiger charge is 2.20. The first kappa shape index (κ1) is 12.5. The first-order valence-electron chi connectivity index (χ1n) is 7.05. The molecule has 0 aliphatic heterocycles. The van der Waals surface area contributed by atoms with E-state index in [9.17, 15) is 0 Å². The Balaban J connectivity index is 1.92. The minimum Gasteiger partial charge on any atom is -0.495 e. The van der Waals surface area contributed by atoms with Crippen LogP contribution in [-0.2, 0) is 13.5 Å². The molecule has 1 aliphatic carbocycles. The van der Waals surface area contributed by atoms with Gasteiger partial charge in [0.25, 0.3) is 0 Å². The normalized spacial score (nSPS) is 15.1. The van der Waals surface area contributed by atoms with Crippen LogP contribution in [0.3, 0.4) is 0 Å². The Labute approximate surface area is 114 Å². The summed E-state index contributed by atoms with van der Waals surface area (Å²) >= 11 is 0. The first-order valence-corrected chi connectivity index (χ1v) is 7.05. The highest BCUT2D eigenvalue weighted by Crippen LogP contribution is 2.31. The van der Waals surface area contributed by atoms with Crippen molar-refractivity contribution in [3.63, 3.8) is 0 Å². The van der Waals surface area contributed by atoms with Gasteiger partial charge in [-0.2, -0.15) is 0 Å². The maximum absolute atomic E-state index is 5.52. The largest absolute Gasteiger partial charge is 0.495 e. The Morgan fingerprint density at radius 3 is 2.84 bits per heavy atom. The minimum atomic E-state index is 0.784. The molecule has 0 saturated heterocycles.